The number of H-pyrrole nitrogens is 1. The summed E-state index contributed by atoms with van der Waals surface area (Å²) < 4.78 is 0.718. The molecule has 4 nitrogen and oxygen atoms in total. The SMILES string of the molecule is Cc1ccc(N(Cc2cc3cccc(C)c3[nH]c2=O)C(=O)c2ccccc2Br)cc1. The van der Waals surface area contributed by atoms with Crippen molar-refractivity contribution in [3.8, 4) is 0 Å². The summed E-state index contributed by atoms with van der Waals surface area (Å²) in [5, 5.41) is 0.946. The van der Waals surface area contributed by atoms with E-state index in [9.17, 15) is 9.59 Å². The van der Waals surface area contributed by atoms with Crippen molar-refractivity contribution in [3.05, 3.63) is 110 Å². The molecule has 0 radical (unpaired) electrons. The zero-order valence-corrected chi connectivity index (χ0v) is 18.4. The summed E-state index contributed by atoms with van der Waals surface area (Å²) in [5.41, 5.74) is 4.58. The maximum atomic E-state index is 13.5. The van der Waals surface area contributed by atoms with E-state index in [0.29, 0.717) is 11.1 Å². The predicted octanol–water partition coefficient (Wildman–Crippen LogP) is 5.75. The van der Waals surface area contributed by atoms with Crippen LogP contribution in [0.25, 0.3) is 10.9 Å². The zero-order valence-electron chi connectivity index (χ0n) is 16.8. The molecular weight excluding hydrogens is 440 g/mol. The van der Waals surface area contributed by atoms with Gasteiger partial charge in [0, 0.05) is 15.7 Å². The first-order chi connectivity index (χ1) is 14.4. The molecule has 0 atom stereocenters. The third-order valence-corrected chi connectivity index (χ3v) is 5.88. The van der Waals surface area contributed by atoms with Crippen molar-refractivity contribution in [1.29, 1.82) is 0 Å². The van der Waals surface area contributed by atoms with Crippen LogP contribution in [0.1, 0.15) is 27.0 Å². The van der Waals surface area contributed by atoms with Crippen LogP contribution in [0.3, 0.4) is 0 Å². The van der Waals surface area contributed by atoms with Crippen molar-refractivity contribution in [2.24, 2.45) is 0 Å². The molecule has 1 heterocycles. The predicted molar refractivity (Wildman–Crippen MR) is 125 cm³/mol. The Morgan fingerprint density at radius 2 is 1.70 bits per heavy atom. The molecule has 1 aromatic heterocycles. The number of para-hydroxylation sites is 1. The van der Waals surface area contributed by atoms with Gasteiger partial charge in [0.1, 0.15) is 0 Å². The summed E-state index contributed by atoms with van der Waals surface area (Å²) in [7, 11) is 0. The fraction of sp³-hybridized carbons (Fsp3) is 0.120. The number of nitrogens with zero attached hydrogens (tertiary/aromatic N) is 1. The number of benzene rings is 3. The van der Waals surface area contributed by atoms with Crippen LogP contribution in [0.2, 0.25) is 0 Å². The van der Waals surface area contributed by atoms with Crippen LogP contribution in [0.15, 0.2) is 82.1 Å². The van der Waals surface area contributed by atoms with E-state index in [1.54, 1.807) is 11.0 Å². The molecule has 1 N–H and O–H groups in total. The minimum Gasteiger partial charge on any atom is -0.321 e. The van der Waals surface area contributed by atoms with E-state index in [1.807, 2.05) is 80.6 Å². The van der Waals surface area contributed by atoms with Gasteiger partial charge in [-0.1, -0.05) is 48.0 Å². The van der Waals surface area contributed by atoms with Gasteiger partial charge in [0.15, 0.2) is 0 Å². The molecule has 0 aliphatic carbocycles. The lowest BCUT2D eigenvalue weighted by Crippen LogP contribution is -2.33. The molecule has 0 spiro atoms. The normalized spacial score (nSPS) is 10.9. The molecule has 30 heavy (non-hydrogen) atoms. The highest BCUT2D eigenvalue weighted by molar-refractivity contribution is 9.10. The number of carbonyl (C=O) groups excluding carboxylic acids is 1. The standard InChI is InChI=1S/C25H21BrN2O2/c1-16-10-12-20(13-11-16)28(25(30)21-8-3-4-9-22(21)26)15-19-14-18-7-5-6-17(2)23(18)27-24(19)29/h3-14H,15H2,1-2H3,(H,27,29). The number of carbonyl (C=O) groups is 1. The molecule has 3 aromatic carbocycles. The molecule has 4 rings (SSSR count). The lowest BCUT2D eigenvalue weighted by molar-refractivity contribution is 0.0984. The Morgan fingerprint density at radius 3 is 2.43 bits per heavy atom. The Balaban J connectivity index is 1.81. The minimum absolute atomic E-state index is 0.169. The third kappa shape index (κ3) is 3.94. The second kappa shape index (κ2) is 8.28. The summed E-state index contributed by atoms with van der Waals surface area (Å²) >= 11 is 3.47. The summed E-state index contributed by atoms with van der Waals surface area (Å²) in [6, 6.07) is 22.8. The minimum atomic E-state index is -0.186. The lowest BCUT2D eigenvalue weighted by Gasteiger charge is -2.24. The van der Waals surface area contributed by atoms with Gasteiger partial charge in [-0.2, -0.15) is 0 Å². The number of halogens is 1. The van der Waals surface area contributed by atoms with Crippen molar-refractivity contribution in [1.82, 2.24) is 4.98 Å². The lowest BCUT2D eigenvalue weighted by atomic mass is 10.1. The zero-order chi connectivity index (χ0) is 21.3. The number of pyridine rings is 1. The van der Waals surface area contributed by atoms with Crippen molar-refractivity contribution >= 4 is 38.4 Å². The molecule has 1 amide bonds. The Kier molecular flexibility index (Phi) is 5.55. The Morgan fingerprint density at radius 1 is 0.967 bits per heavy atom. The van der Waals surface area contributed by atoms with Crippen LogP contribution >= 0.6 is 15.9 Å². The maximum absolute atomic E-state index is 13.5. The number of aryl methyl sites for hydroxylation is 2. The monoisotopic (exact) mass is 460 g/mol. The number of aromatic nitrogens is 1. The molecule has 5 heteroatoms. The Labute approximate surface area is 183 Å². The van der Waals surface area contributed by atoms with Crippen LogP contribution in [0.5, 0.6) is 0 Å². The van der Waals surface area contributed by atoms with E-state index in [2.05, 4.69) is 20.9 Å². The first-order valence-corrected chi connectivity index (χ1v) is 10.5. The first-order valence-electron chi connectivity index (χ1n) is 9.68. The first kappa shape index (κ1) is 20.1. The Hall–Kier alpha value is -3.18. The van der Waals surface area contributed by atoms with Crippen LogP contribution in [0, 0.1) is 13.8 Å². The van der Waals surface area contributed by atoms with Crippen LogP contribution in [-0.2, 0) is 6.54 Å². The Bertz CT molecular complexity index is 1290. The second-order valence-corrected chi connectivity index (χ2v) is 8.22. The van der Waals surface area contributed by atoms with Gasteiger partial charge in [0.25, 0.3) is 11.5 Å². The van der Waals surface area contributed by atoms with Gasteiger partial charge in [-0.15, -0.1) is 0 Å². The van der Waals surface area contributed by atoms with Crippen molar-refractivity contribution in [3.63, 3.8) is 0 Å². The highest BCUT2D eigenvalue weighted by Crippen LogP contribution is 2.25. The summed E-state index contributed by atoms with van der Waals surface area (Å²) in [6.07, 6.45) is 0. The largest absolute Gasteiger partial charge is 0.321 e. The number of amides is 1. The summed E-state index contributed by atoms with van der Waals surface area (Å²) in [5.74, 6) is -0.171. The van der Waals surface area contributed by atoms with Crippen LogP contribution in [0.4, 0.5) is 5.69 Å². The van der Waals surface area contributed by atoms with E-state index in [4.69, 9.17) is 0 Å². The van der Waals surface area contributed by atoms with E-state index < -0.39 is 0 Å². The number of nitrogens with one attached hydrogen (secondary N) is 1. The number of anilines is 1. The molecule has 0 aliphatic heterocycles. The van der Waals surface area contributed by atoms with Crippen molar-refractivity contribution in [2.45, 2.75) is 20.4 Å². The molecule has 4 aromatic rings. The van der Waals surface area contributed by atoms with Crippen molar-refractivity contribution in [2.75, 3.05) is 4.90 Å². The van der Waals surface area contributed by atoms with Gasteiger partial charge in [-0.25, -0.2) is 0 Å². The fourth-order valence-electron chi connectivity index (χ4n) is 3.50. The van der Waals surface area contributed by atoms with E-state index in [1.165, 1.54) is 0 Å². The highest BCUT2D eigenvalue weighted by Gasteiger charge is 2.21. The highest BCUT2D eigenvalue weighted by atomic mass is 79.9. The average molecular weight is 461 g/mol. The molecular formula is C25H21BrN2O2. The fourth-order valence-corrected chi connectivity index (χ4v) is 3.96. The quantitative estimate of drug-likeness (QED) is 0.421. The smallest absolute Gasteiger partial charge is 0.259 e. The van der Waals surface area contributed by atoms with Gasteiger partial charge in [-0.05, 0) is 71.1 Å². The van der Waals surface area contributed by atoms with E-state index in [-0.39, 0.29) is 18.0 Å². The summed E-state index contributed by atoms with van der Waals surface area (Å²) in [4.78, 5) is 30.9. The van der Waals surface area contributed by atoms with Gasteiger partial charge in [-0.3, -0.25) is 9.59 Å². The van der Waals surface area contributed by atoms with Crippen LogP contribution in [-0.4, -0.2) is 10.9 Å². The summed E-state index contributed by atoms with van der Waals surface area (Å²) in [6.45, 7) is 4.13. The number of rotatable bonds is 4. The molecule has 0 unspecified atom stereocenters. The van der Waals surface area contributed by atoms with Crippen LogP contribution < -0.4 is 10.5 Å². The van der Waals surface area contributed by atoms with E-state index in [0.717, 1.165) is 32.2 Å². The molecule has 0 bridgehead atoms. The van der Waals surface area contributed by atoms with Gasteiger partial charge in [0.05, 0.1) is 17.6 Å². The van der Waals surface area contributed by atoms with Crippen molar-refractivity contribution < 1.29 is 4.79 Å². The van der Waals surface area contributed by atoms with Gasteiger partial charge < -0.3 is 9.88 Å². The van der Waals surface area contributed by atoms with Gasteiger partial charge in [0.2, 0.25) is 0 Å². The molecule has 150 valence electrons. The van der Waals surface area contributed by atoms with Gasteiger partial charge >= 0.3 is 0 Å². The molecule has 0 aliphatic rings. The molecule has 0 saturated heterocycles. The average Bonchev–Trinajstić information content (AvgIpc) is 2.74. The number of aromatic amines is 1. The topological polar surface area (TPSA) is 53.2 Å². The number of fused-ring (bicyclic) bond motifs is 1. The number of hydrogen-bond acceptors (Lipinski definition) is 2. The van der Waals surface area contributed by atoms with E-state index >= 15 is 0 Å². The third-order valence-electron chi connectivity index (χ3n) is 5.19. The maximum Gasteiger partial charge on any atom is 0.259 e. The molecule has 0 saturated carbocycles. The number of hydrogen-bond donors (Lipinski definition) is 1. The molecule has 0 fully saturated rings. The second-order valence-electron chi connectivity index (χ2n) is 7.37.